The molecule has 0 fully saturated rings. The molecule has 0 saturated heterocycles. The van der Waals surface area contributed by atoms with E-state index in [1.54, 1.807) is 0 Å². The average molecular weight is 209 g/mol. The smallest absolute Gasteiger partial charge is 0.332 e. The number of aromatic amines is 1. The molecule has 0 bridgehead atoms. The van der Waals surface area contributed by atoms with Gasteiger partial charge in [0.25, 0.3) is 0 Å². The Kier molecular flexibility index (Phi) is 2.18. The summed E-state index contributed by atoms with van der Waals surface area (Å²) in [6.45, 7) is 1.79. The van der Waals surface area contributed by atoms with E-state index in [1.165, 1.54) is 18.2 Å². The monoisotopic (exact) mass is 209 g/mol. The normalized spacial score (nSPS) is 19.8. The van der Waals surface area contributed by atoms with Crippen molar-refractivity contribution in [2.75, 3.05) is 6.54 Å². The van der Waals surface area contributed by atoms with Crippen LogP contribution in [-0.4, -0.2) is 38.4 Å². The zero-order chi connectivity index (χ0) is 11.0. The summed E-state index contributed by atoms with van der Waals surface area (Å²) in [6, 6.07) is -0.947. The maximum Gasteiger partial charge on any atom is 0.332 e. The molecule has 1 unspecified atom stereocenters. The Morgan fingerprint density at radius 1 is 1.67 bits per heavy atom. The van der Waals surface area contributed by atoms with Crippen LogP contribution in [0.1, 0.15) is 24.4 Å². The summed E-state index contributed by atoms with van der Waals surface area (Å²) in [5.41, 5.74) is 1.25. The van der Waals surface area contributed by atoms with Crippen LogP contribution in [0.5, 0.6) is 0 Å². The Labute approximate surface area is 85.9 Å². The molecular weight excluding hydrogens is 198 g/mol. The zero-order valence-corrected chi connectivity index (χ0v) is 8.23. The summed E-state index contributed by atoms with van der Waals surface area (Å²) in [5, 5.41) is 9.07. The summed E-state index contributed by atoms with van der Waals surface area (Å²) in [5.74, 6) is -1.28. The highest BCUT2D eigenvalue weighted by Crippen LogP contribution is 2.27. The topological polar surface area (TPSA) is 86.3 Å². The number of carbonyl (C=O) groups excluding carboxylic acids is 1. The van der Waals surface area contributed by atoms with Crippen molar-refractivity contribution in [3.8, 4) is 0 Å². The number of H-pyrrole nitrogens is 1. The molecule has 1 atom stereocenters. The van der Waals surface area contributed by atoms with Gasteiger partial charge in [-0.2, -0.15) is 0 Å². The molecule has 1 aromatic heterocycles. The number of fused-ring (bicyclic) bond motifs is 1. The van der Waals surface area contributed by atoms with Gasteiger partial charge in [-0.25, -0.2) is 9.78 Å². The highest BCUT2D eigenvalue weighted by molar-refractivity contribution is 5.83. The average Bonchev–Trinajstić information content (AvgIpc) is 2.62. The van der Waals surface area contributed by atoms with Crippen LogP contribution in [0.4, 0.5) is 0 Å². The van der Waals surface area contributed by atoms with Crippen LogP contribution in [0.15, 0.2) is 6.33 Å². The van der Waals surface area contributed by atoms with Gasteiger partial charge < -0.3 is 15.0 Å². The van der Waals surface area contributed by atoms with Crippen LogP contribution in [0.2, 0.25) is 0 Å². The van der Waals surface area contributed by atoms with Gasteiger partial charge in [0.2, 0.25) is 5.91 Å². The Bertz CT molecular complexity index is 412. The molecule has 80 valence electrons. The second-order valence-corrected chi connectivity index (χ2v) is 3.47. The Hall–Kier alpha value is -1.85. The molecule has 1 aromatic rings. The number of carboxylic acids is 1. The molecule has 1 aliphatic rings. The maximum atomic E-state index is 11.3. The molecular formula is C9H11N3O3. The molecule has 0 aromatic carbocycles. The van der Waals surface area contributed by atoms with E-state index >= 15 is 0 Å². The molecule has 0 aliphatic carbocycles. The fourth-order valence-electron chi connectivity index (χ4n) is 1.87. The number of carboxylic acid groups (broad SMARTS) is 1. The Balaban J connectivity index is 2.43. The van der Waals surface area contributed by atoms with Gasteiger partial charge >= 0.3 is 5.97 Å². The van der Waals surface area contributed by atoms with E-state index < -0.39 is 12.0 Å². The van der Waals surface area contributed by atoms with Gasteiger partial charge in [-0.05, 0) is 0 Å². The minimum absolute atomic E-state index is 0.240. The number of aliphatic carboxylic acids is 1. The van der Waals surface area contributed by atoms with Crippen molar-refractivity contribution in [2.24, 2.45) is 0 Å². The van der Waals surface area contributed by atoms with Crippen molar-refractivity contribution < 1.29 is 14.7 Å². The molecule has 15 heavy (non-hydrogen) atoms. The third-order valence-corrected chi connectivity index (χ3v) is 2.56. The molecule has 6 nitrogen and oxygen atoms in total. The lowest BCUT2D eigenvalue weighted by Crippen LogP contribution is -2.42. The van der Waals surface area contributed by atoms with Crippen LogP contribution < -0.4 is 0 Å². The highest BCUT2D eigenvalue weighted by atomic mass is 16.4. The molecule has 2 N–H and O–H groups in total. The predicted molar refractivity (Wildman–Crippen MR) is 50.1 cm³/mol. The van der Waals surface area contributed by atoms with Crippen molar-refractivity contribution in [1.82, 2.24) is 14.9 Å². The van der Waals surface area contributed by atoms with Crippen molar-refractivity contribution in [3.05, 3.63) is 17.7 Å². The van der Waals surface area contributed by atoms with Crippen LogP contribution in [0.25, 0.3) is 0 Å². The number of carbonyl (C=O) groups is 2. The molecule has 1 amide bonds. The molecule has 6 heteroatoms. The first-order valence-corrected chi connectivity index (χ1v) is 4.63. The quantitative estimate of drug-likeness (QED) is 0.678. The third-order valence-electron chi connectivity index (χ3n) is 2.56. The van der Waals surface area contributed by atoms with Gasteiger partial charge in [0, 0.05) is 25.6 Å². The van der Waals surface area contributed by atoms with E-state index in [-0.39, 0.29) is 5.91 Å². The summed E-state index contributed by atoms with van der Waals surface area (Å²) in [6.07, 6.45) is 2.09. The minimum Gasteiger partial charge on any atom is -0.479 e. The first-order valence-electron chi connectivity index (χ1n) is 4.63. The fraction of sp³-hybridized carbons (Fsp3) is 0.444. The second-order valence-electron chi connectivity index (χ2n) is 3.47. The summed E-state index contributed by atoms with van der Waals surface area (Å²) < 4.78 is 0. The summed E-state index contributed by atoms with van der Waals surface area (Å²) >= 11 is 0. The van der Waals surface area contributed by atoms with E-state index in [1.807, 2.05) is 0 Å². The van der Waals surface area contributed by atoms with Gasteiger partial charge in [0.05, 0.1) is 12.0 Å². The third kappa shape index (κ3) is 1.47. The largest absolute Gasteiger partial charge is 0.479 e. The Morgan fingerprint density at radius 2 is 2.40 bits per heavy atom. The zero-order valence-electron chi connectivity index (χ0n) is 8.23. The summed E-state index contributed by atoms with van der Waals surface area (Å²) in [4.78, 5) is 30.5. The first-order chi connectivity index (χ1) is 7.11. The minimum atomic E-state index is -1.04. The van der Waals surface area contributed by atoms with Crippen molar-refractivity contribution in [3.63, 3.8) is 0 Å². The van der Waals surface area contributed by atoms with E-state index in [4.69, 9.17) is 5.11 Å². The van der Waals surface area contributed by atoms with Gasteiger partial charge in [0.15, 0.2) is 6.04 Å². The van der Waals surface area contributed by atoms with Crippen LogP contribution in [0, 0.1) is 0 Å². The standard InChI is InChI=1S/C9H11N3O3/c1-5(13)12-3-2-6-7(11-4-10-6)8(12)9(14)15/h4,8H,2-3H2,1H3,(H,10,11)(H,14,15). The maximum absolute atomic E-state index is 11.3. The molecule has 0 spiro atoms. The van der Waals surface area contributed by atoms with Gasteiger partial charge in [0.1, 0.15) is 0 Å². The number of nitrogens with one attached hydrogen (secondary N) is 1. The van der Waals surface area contributed by atoms with Gasteiger partial charge in [-0.1, -0.05) is 0 Å². The lowest BCUT2D eigenvalue weighted by atomic mass is 10.0. The van der Waals surface area contributed by atoms with Gasteiger partial charge in [-0.15, -0.1) is 0 Å². The summed E-state index contributed by atoms with van der Waals surface area (Å²) in [7, 11) is 0. The van der Waals surface area contributed by atoms with Crippen molar-refractivity contribution in [2.45, 2.75) is 19.4 Å². The first kappa shape index (κ1) is 9.70. The van der Waals surface area contributed by atoms with Crippen molar-refractivity contribution >= 4 is 11.9 Å². The number of rotatable bonds is 1. The number of hydrogen-bond donors (Lipinski definition) is 2. The van der Waals surface area contributed by atoms with Crippen LogP contribution in [-0.2, 0) is 16.0 Å². The van der Waals surface area contributed by atoms with Crippen molar-refractivity contribution in [1.29, 1.82) is 0 Å². The number of nitrogens with zero attached hydrogens (tertiary/aromatic N) is 2. The number of amides is 1. The van der Waals surface area contributed by atoms with Crippen LogP contribution in [0.3, 0.4) is 0 Å². The number of imidazole rings is 1. The second kappa shape index (κ2) is 3.38. The molecule has 2 heterocycles. The number of aromatic nitrogens is 2. The molecule has 0 radical (unpaired) electrons. The molecule has 1 aliphatic heterocycles. The molecule has 2 rings (SSSR count). The van der Waals surface area contributed by atoms with E-state index in [0.717, 1.165) is 5.69 Å². The predicted octanol–water partition coefficient (Wildman–Crippen LogP) is -0.0600. The van der Waals surface area contributed by atoms with Crippen LogP contribution >= 0.6 is 0 Å². The highest BCUT2D eigenvalue weighted by Gasteiger charge is 2.36. The van der Waals surface area contributed by atoms with E-state index in [9.17, 15) is 9.59 Å². The van der Waals surface area contributed by atoms with Gasteiger partial charge in [-0.3, -0.25) is 4.79 Å². The van der Waals surface area contributed by atoms with E-state index in [0.29, 0.717) is 18.7 Å². The SMILES string of the molecule is CC(=O)N1CCc2[nH]cnc2C1C(=O)O. The Morgan fingerprint density at radius 3 is 3.00 bits per heavy atom. The number of hydrogen-bond acceptors (Lipinski definition) is 3. The molecule has 0 saturated carbocycles. The van der Waals surface area contributed by atoms with E-state index in [2.05, 4.69) is 9.97 Å². The lowest BCUT2D eigenvalue weighted by Gasteiger charge is -2.31. The lowest BCUT2D eigenvalue weighted by molar-refractivity contribution is -0.150. The fourth-order valence-corrected chi connectivity index (χ4v) is 1.87.